The van der Waals surface area contributed by atoms with Gasteiger partial charge in [0.1, 0.15) is 5.56 Å². The van der Waals surface area contributed by atoms with Crippen molar-refractivity contribution in [2.75, 3.05) is 13.1 Å². The Morgan fingerprint density at radius 1 is 1.17 bits per heavy atom. The van der Waals surface area contributed by atoms with E-state index in [9.17, 15) is 18.0 Å². The number of hydrogen-bond donors (Lipinski definition) is 2. The molecule has 0 unspecified atom stereocenters. The summed E-state index contributed by atoms with van der Waals surface area (Å²) in [6.07, 6.45) is 2.76. The molecule has 156 valence electrons. The summed E-state index contributed by atoms with van der Waals surface area (Å²) in [4.78, 5) is 28.1. The van der Waals surface area contributed by atoms with E-state index >= 15 is 0 Å². The van der Waals surface area contributed by atoms with Crippen molar-refractivity contribution < 1.29 is 13.2 Å². The van der Waals surface area contributed by atoms with Gasteiger partial charge in [-0.3, -0.25) is 9.59 Å². The average molecular weight is 426 g/mol. The number of pyridine rings is 1. The predicted octanol–water partition coefficient (Wildman–Crippen LogP) is 2.41. The minimum atomic E-state index is -3.78. The van der Waals surface area contributed by atoms with Crippen molar-refractivity contribution in [1.82, 2.24) is 14.6 Å². The van der Waals surface area contributed by atoms with Crippen LogP contribution in [0.25, 0.3) is 10.9 Å². The normalized spacial score (nSPS) is 14.4. The number of H-pyrrole nitrogens is 1. The molecule has 8 heteroatoms. The number of aromatic amines is 1. The molecule has 0 fully saturated rings. The summed E-state index contributed by atoms with van der Waals surface area (Å²) in [6, 6.07) is 12.2. The first-order valence-electron chi connectivity index (χ1n) is 9.92. The van der Waals surface area contributed by atoms with Crippen molar-refractivity contribution in [3.05, 3.63) is 75.6 Å². The number of hydrogen-bond acceptors (Lipinski definition) is 4. The van der Waals surface area contributed by atoms with Gasteiger partial charge in [0.15, 0.2) is 0 Å². The fourth-order valence-electron chi connectivity index (χ4n) is 3.68. The summed E-state index contributed by atoms with van der Waals surface area (Å²) in [5.74, 6) is -0.471. The Morgan fingerprint density at radius 2 is 1.93 bits per heavy atom. The number of carbonyl (C=O) groups is 1. The topological polar surface area (TPSA) is 99.3 Å². The number of benzene rings is 2. The number of fused-ring (bicyclic) bond motifs is 2. The Balaban J connectivity index is 1.71. The molecule has 7 nitrogen and oxygen atoms in total. The van der Waals surface area contributed by atoms with E-state index in [1.165, 1.54) is 22.6 Å². The number of amides is 1. The summed E-state index contributed by atoms with van der Waals surface area (Å²) in [7, 11) is -3.78. The number of rotatable bonds is 5. The molecule has 0 saturated carbocycles. The van der Waals surface area contributed by atoms with E-state index < -0.39 is 21.4 Å². The van der Waals surface area contributed by atoms with E-state index in [0.29, 0.717) is 31.6 Å². The highest BCUT2D eigenvalue weighted by Crippen LogP contribution is 2.26. The average Bonchev–Trinajstić information content (AvgIpc) is 2.77. The molecule has 3 aromatic rings. The van der Waals surface area contributed by atoms with Gasteiger partial charge in [0, 0.05) is 36.7 Å². The maximum atomic E-state index is 13.2. The lowest BCUT2D eigenvalue weighted by Gasteiger charge is -2.28. The first-order chi connectivity index (χ1) is 14.4. The maximum absolute atomic E-state index is 13.2. The van der Waals surface area contributed by atoms with Gasteiger partial charge in [-0.05, 0) is 42.2 Å². The third kappa shape index (κ3) is 3.64. The van der Waals surface area contributed by atoms with Crippen molar-refractivity contribution in [3.8, 4) is 0 Å². The molecule has 1 aliphatic heterocycles. The second kappa shape index (κ2) is 8.04. The molecule has 2 heterocycles. The minimum Gasteiger partial charge on any atom is -0.360 e. The quantitative estimate of drug-likeness (QED) is 0.656. The van der Waals surface area contributed by atoms with Crippen LogP contribution >= 0.6 is 0 Å². The van der Waals surface area contributed by atoms with Gasteiger partial charge in [0.25, 0.3) is 5.91 Å². The van der Waals surface area contributed by atoms with Crippen molar-refractivity contribution >= 4 is 26.8 Å². The van der Waals surface area contributed by atoms with Gasteiger partial charge in [-0.25, -0.2) is 8.42 Å². The van der Waals surface area contributed by atoms with Crippen LogP contribution in [0.2, 0.25) is 0 Å². The first-order valence-corrected chi connectivity index (χ1v) is 11.4. The van der Waals surface area contributed by atoms with Crippen LogP contribution in [0.15, 0.2) is 58.4 Å². The third-order valence-corrected chi connectivity index (χ3v) is 7.21. The first kappa shape index (κ1) is 20.3. The van der Waals surface area contributed by atoms with Crippen LogP contribution in [0.3, 0.4) is 0 Å². The molecule has 0 aliphatic carbocycles. The summed E-state index contributed by atoms with van der Waals surface area (Å²) in [6.45, 7) is 3.06. The Bertz CT molecular complexity index is 1280. The predicted molar refractivity (Wildman–Crippen MR) is 115 cm³/mol. The second-order valence-corrected chi connectivity index (χ2v) is 9.29. The zero-order valence-corrected chi connectivity index (χ0v) is 17.5. The van der Waals surface area contributed by atoms with Crippen LogP contribution in [0.4, 0.5) is 0 Å². The highest BCUT2D eigenvalue weighted by molar-refractivity contribution is 7.89. The van der Waals surface area contributed by atoms with Crippen LogP contribution in [0.1, 0.15) is 34.8 Å². The standard InChI is InChI=1S/C22H23N3O4S/c1-2-10-23-22(27)19-13-24-20-8-7-17(12-18(20)21(19)26)30(28,29)25-11-9-15-5-3-4-6-16(15)14-25/h3-8,12-13H,2,9-11,14H2,1H3,(H,23,27)(H,24,26). The summed E-state index contributed by atoms with van der Waals surface area (Å²) in [5, 5.41) is 2.85. The third-order valence-electron chi connectivity index (χ3n) is 5.37. The molecule has 1 amide bonds. The molecule has 30 heavy (non-hydrogen) atoms. The lowest BCUT2D eigenvalue weighted by molar-refractivity contribution is 0.0952. The highest BCUT2D eigenvalue weighted by Gasteiger charge is 2.28. The van der Waals surface area contributed by atoms with Gasteiger partial charge in [-0.15, -0.1) is 0 Å². The SMILES string of the molecule is CCCNC(=O)c1c[nH]c2ccc(S(=O)(=O)N3CCc4ccccc4C3)cc2c1=O. The molecule has 1 aliphatic rings. The van der Waals surface area contributed by atoms with Gasteiger partial charge in [-0.1, -0.05) is 31.2 Å². The van der Waals surface area contributed by atoms with E-state index in [4.69, 9.17) is 0 Å². The van der Waals surface area contributed by atoms with Crippen molar-refractivity contribution in [1.29, 1.82) is 0 Å². The van der Waals surface area contributed by atoms with E-state index in [0.717, 1.165) is 17.5 Å². The summed E-state index contributed by atoms with van der Waals surface area (Å²) >= 11 is 0. The van der Waals surface area contributed by atoms with Gasteiger partial charge < -0.3 is 10.3 Å². The van der Waals surface area contributed by atoms with Crippen LogP contribution < -0.4 is 10.7 Å². The molecule has 1 aromatic heterocycles. The molecular formula is C22H23N3O4S. The Labute approximate surface area is 174 Å². The largest absolute Gasteiger partial charge is 0.360 e. The molecule has 0 spiro atoms. The lowest BCUT2D eigenvalue weighted by atomic mass is 10.0. The van der Waals surface area contributed by atoms with Crippen LogP contribution in [-0.2, 0) is 23.0 Å². The van der Waals surface area contributed by atoms with E-state index in [1.54, 1.807) is 6.07 Å². The molecule has 0 atom stereocenters. The Kier molecular flexibility index (Phi) is 5.44. The molecule has 2 aromatic carbocycles. The molecule has 0 bridgehead atoms. The fourth-order valence-corrected chi connectivity index (χ4v) is 5.13. The minimum absolute atomic E-state index is 0.0302. The van der Waals surface area contributed by atoms with E-state index in [2.05, 4.69) is 10.3 Å². The zero-order chi connectivity index (χ0) is 21.3. The van der Waals surface area contributed by atoms with Crippen LogP contribution in [0.5, 0.6) is 0 Å². The molecule has 2 N–H and O–H groups in total. The number of sulfonamides is 1. The van der Waals surface area contributed by atoms with E-state index in [-0.39, 0.29) is 15.8 Å². The smallest absolute Gasteiger partial charge is 0.256 e. The monoisotopic (exact) mass is 425 g/mol. The van der Waals surface area contributed by atoms with Crippen LogP contribution in [-0.4, -0.2) is 36.7 Å². The lowest BCUT2D eigenvalue weighted by Crippen LogP contribution is -2.36. The second-order valence-electron chi connectivity index (χ2n) is 7.35. The molecule has 0 radical (unpaired) electrons. The van der Waals surface area contributed by atoms with Crippen molar-refractivity contribution in [2.45, 2.75) is 31.2 Å². The van der Waals surface area contributed by atoms with E-state index in [1.807, 2.05) is 31.2 Å². The van der Waals surface area contributed by atoms with Crippen LogP contribution in [0, 0.1) is 0 Å². The number of nitrogens with zero attached hydrogens (tertiary/aromatic N) is 1. The van der Waals surface area contributed by atoms with Crippen molar-refractivity contribution in [3.63, 3.8) is 0 Å². The maximum Gasteiger partial charge on any atom is 0.256 e. The summed E-state index contributed by atoms with van der Waals surface area (Å²) < 4.78 is 27.9. The Morgan fingerprint density at radius 3 is 2.70 bits per heavy atom. The van der Waals surface area contributed by atoms with Gasteiger partial charge in [0.05, 0.1) is 4.90 Å². The zero-order valence-electron chi connectivity index (χ0n) is 16.6. The number of nitrogens with one attached hydrogen (secondary N) is 2. The number of aromatic nitrogens is 1. The van der Waals surface area contributed by atoms with Gasteiger partial charge >= 0.3 is 0 Å². The molecular weight excluding hydrogens is 402 g/mol. The van der Waals surface area contributed by atoms with Gasteiger partial charge in [-0.2, -0.15) is 4.31 Å². The molecule has 4 rings (SSSR count). The Hall–Kier alpha value is -2.97. The fraction of sp³-hybridized carbons (Fsp3) is 0.273. The van der Waals surface area contributed by atoms with Crippen molar-refractivity contribution in [2.24, 2.45) is 0 Å². The summed E-state index contributed by atoms with van der Waals surface area (Å²) in [5.41, 5.74) is 2.10. The molecule has 0 saturated heterocycles. The number of carbonyl (C=O) groups excluding carboxylic acids is 1. The highest BCUT2D eigenvalue weighted by atomic mass is 32.2. The van der Waals surface area contributed by atoms with Gasteiger partial charge in [0.2, 0.25) is 15.5 Å².